The van der Waals surface area contributed by atoms with Crippen molar-refractivity contribution in [2.24, 2.45) is 0 Å². The second-order valence-corrected chi connectivity index (χ2v) is 11.1. The molecule has 0 atom stereocenters. The number of carboxylic acid groups (broad SMARTS) is 1. The number of para-hydroxylation sites is 2. The minimum Gasteiger partial charge on any atom is -0.492 e. The summed E-state index contributed by atoms with van der Waals surface area (Å²) >= 11 is 0. The number of aromatic nitrogens is 1. The quantitative estimate of drug-likeness (QED) is 0.227. The molecule has 11 nitrogen and oxygen atoms in total. The summed E-state index contributed by atoms with van der Waals surface area (Å²) in [6.07, 6.45) is 3.62. The molecule has 44 heavy (non-hydrogen) atoms. The lowest BCUT2D eigenvalue weighted by atomic mass is 10.1. The third-order valence-corrected chi connectivity index (χ3v) is 8.44. The highest BCUT2D eigenvalue weighted by atomic mass is 19.1. The number of hydrogen-bond acceptors (Lipinski definition) is 8. The van der Waals surface area contributed by atoms with Crippen molar-refractivity contribution >= 4 is 33.9 Å². The largest absolute Gasteiger partial charge is 0.492 e. The van der Waals surface area contributed by atoms with Crippen molar-refractivity contribution in [2.45, 2.75) is 19.4 Å². The van der Waals surface area contributed by atoms with Gasteiger partial charge in [-0.1, -0.05) is 24.3 Å². The number of ether oxygens (including phenoxy) is 1. The lowest BCUT2D eigenvalue weighted by molar-refractivity contribution is -0.384. The van der Waals surface area contributed by atoms with Gasteiger partial charge >= 0.3 is 5.97 Å². The van der Waals surface area contributed by atoms with E-state index in [0.29, 0.717) is 37.6 Å². The monoisotopic (exact) mass is 601 g/mol. The van der Waals surface area contributed by atoms with Crippen LogP contribution >= 0.6 is 0 Å². The highest BCUT2D eigenvalue weighted by Gasteiger charge is 2.30. The third kappa shape index (κ3) is 5.32. The van der Waals surface area contributed by atoms with Crippen LogP contribution in [0.3, 0.4) is 0 Å². The Hall–Kier alpha value is -4.97. The number of hydrogen-bond donors (Lipinski definition) is 1. The predicted molar refractivity (Wildman–Crippen MR) is 165 cm³/mol. The second-order valence-electron chi connectivity index (χ2n) is 11.1. The van der Waals surface area contributed by atoms with E-state index in [1.54, 1.807) is 27.7 Å². The van der Waals surface area contributed by atoms with Crippen LogP contribution in [-0.2, 0) is 6.54 Å². The van der Waals surface area contributed by atoms with Crippen molar-refractivity contribution in [1.82, 2.24) is 9.47 Å². The van der Waals surface area contributed by atoms with Gasteiger partial charge in [-0.25, -0.2) is 9.18 Å². The van der Waals surface area contributed by atoms with Crippen molar-refractivity contribution in [3.8, 4) is 11.4 Å². The first-order valence-corrected chi connectivity index (χ1v) is 14.5. The van der Waals surface area contributed by atoms with Gasteiger partial charge in [0, 0.05) is 50.7 Å². The normalized spacial score (nSPS) is 15.6. The fourth-order valence-corrected chi connectivity index (χ4v) is 6.28. The average molecular weight is 602 g/mol. The molecule has 1 N–H and O–H groups in total. The zero-order valence-corrected chi connectivity index (χ0v) is 24.2. The topological polar surface area (TPSA) is 121 Å². The lowest BCUT2D eigenvalue weighted by Crippen LogP contribution is -2.47. The third-order valence-electron chi connectivity index (χ3n) is 8.44. The van der Waals surface area contributed by atoms with E-state index < -0.39 is 27.7 Å². The molecule has 1 aromatic heterocycles. The Balaban J connectivity index is 1.41. The summed E-state index contributed by atoms with van der Waals surface area (Å²) in [7, 11) is 1.39. The van der Waals surface area contributed by atoms with Gasteiger partial charge in [-0.3, -0.25) is 19.8 Å². The second kappa shape index (κ2) is 12.0. The van der Waals surface area contributed by atoms with Crippen LogP contribution < -0.4 is 20.0 Å². The van der Waals surface area contributed by atoms with Crippen molar-refractivity contribution in [3.63, 3.8) is 0 Å². The Morgan fingerprint density at radius 2 is 1.66 bits per heavy atom. The fraction of sp³-hybridized carbons (Fsp3) is 0.312. The van der Waals surface area contributed by atoms with Crippen LogP contribution in [0.25, 0.3) is 16.6 Å². The molecule has 3 aromatic carbocycles. The number of nitrogens with zero attached hydrogens (tertiary/aromatic N) is 5. The van der Waals surface area contributed by atoms with Gasteiger partial charge in [0.1, 0.15) is 22.5 Å². The fourth-order valence-electron chi connectivity index (χ4n) is 6.28. The molecule has 0 radical (unpaired) electrons. The SMILES string of the molecule is COc1c(N2CCN(c3ccccc3[N+](=O)[O-])CC2)c(F)cc2c(=O)c(C(=O)O)cn(-c3ccc(CN4CCCC4)cc3)c12. The zero-order chi connectivity index (χ0) is 31.0. The summed E-state index contributed by atoms with van der Waals surface area (Å²) < 4.78 is 23.3. The molecule has 2 aliphatic heterocycles. The van der Waals surface area contributed by atoms with Crippen molar-refractivity contribution in [2.75, 3.05) is 56.2 Å². The van der Waals surface area contributed by atoms with Gasteiger partial charge in [0.15, 0.2) is 11.6 Å². The number of anilines is 2. The first-order valence-electron chi connectivity index (χ1n) is 14.5. The van der Waals surface area contributed by atoms with Crippen molar-refractivity contribution < 1.29 is 24.0 Å². The highest BCUT2D eigenvalue weighted by molar-refractivity contribution is 5.98. The number of nitro benzene ring substituents is 1. The van der Waals surface area contributed by atoms with E-state index in [1.165, 1.54) is 32.2 Å². The van der Waals surface area contributed by atoms with Gasteiger partial charge < -0.3 is 24.2 Å². The first kappa shape index (κ1) is 29.1. The number of benzene rings is 3. The summed E-state index contributed by atoms with van der Waals surface area (Å²) in [4.78, 5) is 42.6. The number of pyridine rings is 1. The summed E-state index contributed by atoms with van der Waals surface area (Å²) in [5, 5.41) is 21.3. The number of methoxy groups -OCH3 is 1. The molecular weight excluding hydrogens is 569 g/mol. The molecule has 2 fully saturated rings. The first-order chi connectivity index (χ1) is 21.3. The van der Waals surface area contributed by atoms with Gasteiger partial charge in [0.25, 0.3) is 5.69 Å². The van der Waals surface area contributed by atoms with Crippen LogP contribution in [0.2, 0.25) is 0 Å². The maximum atomic E-state index is 15.9. The Labute approximate surface area is 252 Å². The van der Waals surface area contributed by atoms with Gasteiger partial charge in [-0.15, -0.1) is 0 Å². The molecular formula is C32H32FN5O6. The number of halogens is 1. The van der Waals surface area contributed by atoms with Gasteiger partial charge in [0.2, 0.25) is 5.43 Å². The maximum Gasteiger partial charge on any atom is 0.341 e. The van der Waals surface area contributed by atoms with Crippen LogP contribution in [0.4, 0.5) is 21.5 Å². The number of aromatic carboxylic acids is 1. The number of piperazine rings is 1. The number of likely N-dealkylation sites (tertiary alicyclic amines) is 1. The van der Waals surface area contributed by atoms with Crippen LogP contribution in [0, 0.1) is 15.9 Å². The average Bonchev–Trinajstić information content (AvgIpc) is 3.54. The minimum atomic E-state index is -1.41. The van der Waals surface area contributed by atoms with E-state index in [9.17, 15) is 24.8 Å². The van der Waals surface area contributed by atoms with E-state index in [1.807, 2.05) is 29.2 Å². The smallest absolute Gasteiger partial charge is 0.341 e. The summed E-state index contributed by atoms with van der Waals surface area (Å²) in [5.41, 5.74) is 1.31. The van der Waals surface area contributed by atoms with Gasteiger partial charge in [0.05, 0.1) is 17.4 Å². The van der Waals surface area contributed by atoms with Gasteiger partial charge in [-0.05, 0) is 55.8 Å². The summed E-state index contributed by atoms with van der Waals surface area (Å²) in [5.74, 6) is -2.03. The molecule has 2 aliphatic rings. The molecule has 0 aliphatic carbocycles. The number of rotatable bonds is 8. The van der Waals surface area contributed by atoms with Gasteiger partial charge in [-0.2, -0.15) is 0 Å². The molecule has 0 amide bonds. The van der Waals surface area contributed by atoms with Crippen LogP contribution in [0.15, 0.2) is 65.6 Å². The molecule has 0 bridgehead atoms. The number of carbonyl (C=O) groups is 1. The number of fused-ring (bicyclic) bond motifs is 1. The Morgan fingerprint density at radius 1 is 1.00 bits per heavy atom. The minimum absolute atomic E-state index is 0.000108. The highest BCUT2D eigenvalue weighted by Crippen LogP contribution is 2.40. The number of carboxylic acids is 1. The maximum absolute atomic E-state index is 15.9. The molecule has 12 heteroatoms. The lowest BCUT2D eigenvalue weighted by Gasteiger charge is -2.37. The molecule has 3 heterocycles. The van der Waals surface area contributed by atoms with Crippen molar-refractivity contribution in [1.29, 1.82) is 0 Å². The molecule has 2 saturated heterocycles. The summed E-state index contributed by atoms with van der Waals surface area (Å²) in [6.45, 7) is 4.33. The molecule has 0 spiro atoms. The predicted octanol–water partition coefficient (Wildman–Crippen LogP) is 4.67. The Kier molecular flexibility index (Phi) is 7.92. The van der Waals surface area contributed by atoms with Crippen LogP contribution in [0.5, 0.6) is 5.75 Å². The molecule has 6 rings (SSSR count). The van der Waals surface area contributed by atoms with E-state index in [2.05, 4.69) is 4.90 Å². The van der Waals surface area contributed by atoms with E-state index >= 15 is 4.39 Å². The van der Waals surface area contributed by atoms with Crippen LogP contribution in [-0.4, -0.2) is 71.8 Å². The van der Waals surface area contributed by atoms with Crippen LogP contribution in [0.1, 0.15) is 28.8 Å². The molecule has 0 unspecified atom stereocenters. The standard InChI is InChI=1S/C32H32FN5O6/c1-44-31-28-23(18-25(33)29(31)36-16-14-35(15-17-36)26-6-2-3-7-27(26)38(42)43)30(39)24(32(40)41)20-37(28)22-10-8-21(9-11-22)19-34-12-4-5-13-34/h2-3,6-11,18,20H,4-5,12-17,19H2,1H3,(H,40,41). The molecule has 0 saturated carbocycles. The van der Waals surface area contributed by atoms with E-state index in [4.69, 9.17) is 4.74 Å². The van der Waals surface area contributed by atoms with E-state index in [0.717, 1.165) is 31.3 Å². The molecule has 4 aromatic rings. The number of nitro groups is 1. The van der Waals surface area contributed by atoms with Crippen molar-refractivity contribution in [3.05, 3.63) is 98.1 Å². The van der Waals surface area contributed by atoms with E-state index in [-0.39, 0.29) is 28.0 Å². The molecule has 228 valence electrons. The zero-order valence-electron chi connectivity index (χ0n) is 24.2. The Bertz CT molecular complexity index is 1790. The summed E-state index contributed by atoms with van der Waals surface area (Å²) in [6, 6.07) is 15.2. The Morgan fingerprint density at radius 3 is 2.30 bits per heavy atom.